The summed E-state index contributed by atoms with van der Waals surface area (Å²) in [6, 6.07) is 10.8. The van der Waals surface area contributed by atoms with E-state index in [1.54, 1.807) is 0 Å². The Bertz CT molecular complexity index is 334. The third kappa shape index (κ3) is 2.48. The molecule has 76 valence electrons. The van der Waals surface area contributed by atoms with Gasteiger partial charge in [-0.05, 0) is 24.6 Å². The highest BCUT2D eigenvalue weighted by molar-refractivity contribution is 9.43. The van der Waals surface area contributed by atoms with Gasteiger partial charge in [0, 0.05) is 6.42 Å². The van der Waals surface area contributed by atoms with Gasteiger partial charge in [-0.25, -0.2) is 0 Å². The fraction of sp³-hybridized carbons (Fsp3) is 0.273. The van der Waals surface area contributed by atoms with Crippen LogP contribution in [0.25, 0.3) is 0 Å². The number of rotatable bonds is 1. The Morgan fingerprint density at radius 2 is 1.86 bits per heavy atom. The Kier molecular flexibility index (Phi) is 4.36. The number of benzene rings is 1. The predicted molar refractivity (Wildman–Crippen MR) is 65.2 cm³/mol. The van der Waals surface area contributed by atoms with Crippen molar-refractivity contribution in [3.8, 4) is 0 Å². The molecule has 0 fully saturated rings. The minimum absolute atomic E-state index is 0. The normalized spacial score (nSPS) is 25.4. The molecule has 1 unspecified atom stereocenters. The molecule has 0 bridgehead atoms. The number of hydrogen-bond acceptors (Lipinski definition) is 0. The fourth-order valence-corrected chi connectivity index (χ4v) is 6.70. The van der Waals surface area contributed by atoms with Crippen molar-refractivity contribution < 1.29 is 17.0 Å². The number of halogens is 2. The lowest BCUT2D eigenvalue weighted by molar-refractivity contribution is -0.00000254. The second-order valence-electron chi connectivity index (χ2n) is 3.56. The summed E-state index contributed by atoms with van der Waals surface area (Å²) in [4.78, 5) is 0. The lowest BCUT2D eigenvalue weighted by Gasteiger charge is -2.09. The Balaban J connectivity index is 0.000000980. The van der Waals surface area contributed by atoms with E-state index < -0.39 is 5.96 Å². The molecule has 1 aliphatic rings. The van der Waals surface area contributed by atoms with Crippen molar-refractivity contribution in [1.29, 1.82) is 0 Å². The van der Waals surface area contributed by atoms with Crippen LogP contribution in [0.4, 0.5) is 0 Å². The van der Waals surface area contributed by atoms with Crippen molar-refractivity contribution in [2.45, 2.75) is 13.3 Å². The Morgan fingerprint density at radius 1 is 1.21 bits per heavy atom. The summed E-state index contributed by atoms with van der Waals surface area (Å²) < 4.78 is 0. The maximum absolute atomic E-state index is 3.93. The Morgan fingerprint density at radius 3 is 2.36 bits per heavy atom. The summed E-state index contributed by atoms with van der Waals surface area (Å²) in [6.07, 6.45) is 2.55. The van der Waals surface area contributed by atoms with Crippen LogP contribution in [-0.4, -0.2) is 6.16 Å². The first-order valence-corrected chi connectivity index (χ1v) is 8.58. The second-order valence-corrected chi connectivity index (χ2v) is 10.1. The molecule has 0 N–H and O–H groups in total. The van der Waals surface area contributed by atoms with Gasteiger partial charge in [-0.1, -0.05) is 18.2 Å². The van der Waals surface area contributed by atoms with E-state index >= 15 is 0 Å². The van der Waals surface area contributed by atoms with Crippen LogP contribution in [0.5, 0.6) is 0 Å². The van der Waals surface area contributed by atoms with Gasteiger partial charge in [-0.3, -0.25) is 0 Å². The molecule has 0 amide bonds. The lowest BCUT2D eigenvalue weighted by atomic mass is 10.3. The average Bonchev–Trinajstić information content (AvgIpc) is 2.49. The summed E-state index contributed by atoms with van der Waals surface area (Å²) in [5, 5.41) is 1.48. The molecular formula is C11H13Br2P. The largest absolute Gasteiger partial charge is 1.00 e. The van der Waals surface area contributed by atoms with E-state index in [2.05, 4.69) is 58.6 Å². The monoisotopic (exact) mass is 334 g/mol. The minimum atomic E-state index is -1.08. The van der Waals surface area contributed by atoms with E-state index in [0.29, 0.717) is 0 Å². The molecule has 0 radical (unpaired) electrons. The molecule has 0 saturated heterocycles. The molecule has 1 aromatic carbocycles. The summed E-state index contributed by atoms with van der Waals surface area (Å²) in [7, 11) is 0. The third-order valence-corrected chi connectivity index (χ3v) is 8.23. The Hall–Kier alpha value is 0.350. The van der Waals surface area contributed by atoms with Gasteiger partial charge in [0.15, 0.2) is 15.5 Å². The molecular weight excluding hydrogens is 323 g/mol. The minimum Gasteiger partial charge on any atom is -1.00 e. The molecule has 3 heteroatoms. The van der Waals surface area contributed by atoms with Crippen LogP contribution >= 0.6 is 21.5 Å². The first kappa shape index (κ1) is 12.4. The zero-order valence-corrected chi connectivity index (χ0v) is 12.1. The second kappa shape index (κ2) is 4.92. The van der Waals surface area contributed by atoms with Gasteiger partial charge in [0.1, 0.15) is 11.3 Å². The van der Waals surface area contributed by atoms with E-state index in [4.69, 9.17) is 0 Å². The van der Waals surface area contributed by atoms with Gasteiger partial charge in [0.2, 0.25) is 0 Å². The zero-order chi connectivity index (χ0) is 9.31. The van der Waals surface area contributed by atoms with Crippen LogP contribution in [0.2, 0.25) is 0 Å². The van der Waals surface area contributed by atoms with Gasteiger partial charge < -0.3 is 17.0 Å². The number of hydrogen-bond donors (Lipinski definition) is 0. The van der Waals surface area contributed by atoms with E-state index in [-0.39, 0.29) is 17.0 Å². The van der Waals surface area contributed by atoms with Crippen molar-refractivity contribution in [1.82, 2.24) is 0 Å². The summed E-state index contributed by atoms with van der Waals surface area (Å²) in [5.74, 6) is 1.37. The van der Waals surface area contributed by atoms with Crippen molar-refractivity contribution in [3.05, 3.63) is 41.7 Å². The van der Waals surface area contributed by atoms with E-state index in [9.17, 15) is 0 Å². The number of allylic oxidation sites excluding steroid dienone is 1. The highest BCUT2D eigenvalue weighted by atomic mass is 79.9. The van der Waals surface area contributed by atoms with Crippen molar-refractivity contribution >= 4 is 26.8 Å². The fourth-order valence-electron chi connectivity index (χ4n) is 1.70. The predicted octanol–water partition coefficient (Wildman–Crippen LogP) is 0.951. The van der Waals surface area contributed by atoms with Gasteiger partial charge in [0.25, 0.3) is 0 Å². The smallest absolute Gasteiger partial charge is 0.150 e. The molecule has 0 aromatic heterocycles. The van der Waals surface area contributed by atoms with Crippen molar-refractivity contribution in [3.63, 3.8) is 0 Å². The molecule has 14 heavy (non-hydrogen) atoms. The summed E-state index contributed by atoms with van der Waals surface area (Å²) >= 11 is 3.93. The molecule has 0 nitrogen and oxygen atoms in total. The van der Waals surface area contributed by atoms with Crippen LogP contribution in [0.15, 0.2) is 41.7 Å². The van der Waals surface area contributed by atoms with Crippen LogP contribution < -0.4 is 22.3 Å². The van der Waals surface area contributed by atoms with Crippen molar-refractivity contribution in [2.75, 3.05) is 6.16 Å². The molecule has 0 saturated carbocycles. The molecule has 2 rings (SSSR count). The molecule has 1 atom stereocenters. The van der Waals surface area contributed by atoms with E-state index in [1.165, 1.54) is 23.5 Å². The van der Waals surface area contributed by atoms with E-state index in [1.807, 2.05) is 0 Å². The Labute approximate surface area is 105 Å². The van der Waals surface area contributed by atoms with Crippen LogP contribution in [-0.2, 0) is 0 Å². The molecule has 1 heterocycles. The summed E-state index contributed by atoms with van der Waals surface area (Å²) in [5.41, 5.74) is 1.54. The topological polar surface area (TPSA) is 0 Å². The van der Waals surface area contributed by atoms with Gasteiger partial charge in [-0.15, -0.1) is 0 Å². The summed E-state index contributed by atoms with van der Waals surface area (Å²) in [6.45, 7) is 2.23. The highest BCUT2D eigenvalue weighted by Crippen LogP contribution is 2.70. The van der Waals surface area contributed by atoms with Crippen LogP contribution in [0.3, 0.4) is 0 Å². The van der Waals surface area contributed by atoms with Gasteiger partial charge >= 0.3 is 0 Å². The quantitative estimate of drug-likeness (QED) is 0.670. The van der Waals surface area contributed by atoms with Gasteiger partial charge in [0.05, 0.1) is 12.0 Å². The first-order chi connectivity index (χ1) is 6.21. The van der Waals surface area contributed by atoms with Crippen molar-refractivity contribution in [2.24, 2.45) is 0 Å². The average molecular weight is 336 g/mol. The van der Waals surface area contributed by atoms with Crippen LogP contribution in [0.1, 0.15) is 13.3 Å². The van der Waals surface area contributed by atoms with Gasteiger partial charge in [-0.2, -0.15) is 0 Å². The third-order valence-electron chi connectivity index (χ3n) is 2.44. The lowest BCUT2D eigenvalue weighted by Crippen LogP contribution is -3.00. The zero-order valence-electron chi connectivity index (χ0n) is 8.08. The highest BCUT2D eigenvalue weighted by Gasteiger charge is 2.39. The first-order valence-electron chi connectivity index (χ1n) is 4.52. The molecule has 1 aliphatic heterocycles. The SMILES string of the molecule is CC1=C[P+](Br)(c2ccccc2)CC1.[Br-]. The standard InChI is InChI=1S/C11H13BrP.BrH/c1-10-7-8-13(12,9-10)11-5-3-2-4-6-11;/h2-6,9H,7-8H2,1H3;1H/q+1;/p-1. The van der Waals surface area contributed by atoms with E-state index in [0.717, 1.165) is 0 Å². The molecule has 0 aliphatic carbocycles. The molecule has 0 spiro atoms. The molecule has 1 aromatic rings. The maximum atomic E-state index is 3.93. The maximum Gasteiger partial charge on any atom is 0.150 e. The van der Waals surface area contributed by atoms with Crippen LogP contribution in [0, 0.1) is 0 Å².